The van der Waals surface area contributed by atoms with Gasteiger partial charge < -0.3 is 0 Å². The fraction of sp³-hybridized carbons (Fsp3) is 0.0769. The molecule has 0 bridgehead atoms. The molecule has 0 saturated heterocycles. The third kappa shape index (κ3) is 3.06. The molecule has 0 unspecified atom stereocenters. The zero-order valence-corrected chi connectivity index (χ0v) is 10.7. The average Bonchev–Trinajstić information content (AvgIpc) is 2.34. The van der Waals surface area contributed by atoms with Gasteiger partial charge in [-0.05, 0) is 23.8 Å². The van der Waals surface area contributed by atoms with Gasteiger partial charge in [0.15, 0.2) is 5.78 Å². The Morgan fingerprint density at radius 2 is 1.94 bits per heavy atom. The number of halogens is 3. The Morgan fingerprint density at radius 1 is 1.17 bits per heavy atom. The van der Waals surface area contributed by atoms with E-state index >= 15 is 0 Å². The number of benzene rings is 1. The fourth-order valence-electron chi connectivity index (χ4n) is 1.50. The molecule has 0 fully saturated rings. The van der Waals surface area contributed by atoms with E-state index in [2.05, 4.69) is 4.98 Å². The molecular formula is C13H8Cl2FNO. The number of ketones is 1. The van der Waals surface area contributed by atoms with Crippen molar-refractivity contribution in [2.24, 2.45) is 0 Å². The van der Waals surface area contributed by atoms with E-state index in [1.54, 1.807) is 18.2 Å². The van der Waals surface area contributed by atoms with E-state index in [0.29, 0.717) is 10.0 Å². The van der Waals surface area contributed by atoms with Gasteiger partial charge in [0.1, 0.15) is 5.82 Å². The van der Waals surface area contributed by atoms with Crippen LogP contribution in [-0.4, -0.2) is 10.8 Å². The van der Waals surface area contributed by atoms with Crippen LogP contribution < -0.4 is 0 Å². The van der Waals surface area contributed by atoms with Crippen LogP contribution in [0, 0.1) is 5.82 Å². The van der Waals surface area contributed by atoms with Crippen LogP contribution in [0.4, 0.5) is 4.39 Å². The van der Waals surface area contributed by atoms with E-state index in [9.17, 15) is 9.18 Å². The van der Waals surface area contributed by atoms with Gasteiger partial charge in [-0.1, -0.05) is 29.3 Å². The van der Waals surface area contributed by atoms with Crippen LogP contribution in [0.25, 0.3) is 0 Å². The van der Waals surface area contributed by atoms with Crippen molar-refractivity contribution in [2.45, 2.75) is 6.42 Å². The van der Waals surface area contributed by atoms with Crippen molar-refractivity contribution in [1.82, 2.24) is 4.98 Å². The summed E-state index contributed by atoms with van der Waals surface area (Å²) in [6.45, 7) is 0. The van der Waals surface area contributed by atoms with Gasteiger partial charge in [-0.15, -0.1) is 0 Å². The first-order valence-electron chi connectivity index (χ1n) is 5.14. The lowest BCUT2D eigenvalue weighted by Crippen LogP contribution is -2.04. The number of hydrogen-bond acceptors (Lipinski definition) is 2. The van der Waals surface area contributed by atoms with Crippen LogP contribution in [-0.2, 0) is 6.42 Å². The molecule has 18 heavy (non-hydrogen) atoms. The molecule has 1 heterocycles. The number of nitrogens with zero attached hydrogens (tertiary/aromatic N) is 1. The number of pyridine rings is 1. The molecule has 0 spiro atoms. The normalized spacial score (nSPS) is 10.4. The predicted octanol–water partition coefficient (Wildman–Crippen LogP) is 3.95. The Balaban J connectivity index is 2.18. The van der Waals surface area contributed by atoms with Crippen molar-refractivity contribution in [2.75, 3.05) is 0 Å². The van der Waals surface area contributed by atoms with Gasteiger partial charge in [0, 0.05) is 18.2 Å². The van der Waals surface area contributed by atoms with Crippen LogP contribution in [0.1, 0.15) is 15.9 Å². The van der Waals surface area contributed by atoms with E-state index in [1.807, 2.05) is 0 Å². The lowest BCUT2D eigenvalue weighted by atomic mass is 10.0. The first kappa shape index (κ1) is 13.0. The van der Waals surface area contributed by atoms with Crippen LogP contribution in [0.3, 0.4) is 0 Å². The minimum Gasteiger partial charge on any atom is -0.294 e. The molecule has 0 amide bonds. The molecule has 1 aromatic carbocycles. The van der Waals surface area contributed by atoms with E-state index in [1.165, 1.54) is 6.20 Å². The number of carbonyl (C=O) groups is 1. The van der Waals surface area contributed by atoms with Crippen molar-refractivity contribution in [3.05, 3.63) is 63.6 Å². The zero-order valence-electron chi connectivity index (χ0n) is 9.16. The molecule has 0 atom stereocenters. The van der Waals surface area contributed by atoms with Crippen LogP contribution in [0.15, 0.2) is 36.7 Å². The second-order valence-electron chi connectivity index (χ2n) is 3.74. The van der Waals surface area contributed by atoms with Crippen LogP contribution >= 0.6 is 23.2 Å². The highest BCUT2D eigenvalue weighted by molar-refractivity contribution is 6.42. The van der Waals surface area contributed by atoms with Gasteiger partial charge in [-0.3, -0.25) is 9.78 Å². The number of carbonyl (C=O) groups excluding carboxylic acids is 1. The largest absolute Gasteiger partial charge is 0.294 e. The summed E-state index contributed by atoms with van der Waals surface area (Å²) in [5, 5.41) is 0.819. The minimum atomic E-state index is -0.532. The van der Waals surface area contributed by atoms with Crippen LogP contribution in [0.5, 0.6) is 0 Å². The van der Waals surface area contributed by atoms with E-state index < -0.39 is 5.82 Å². The maximum absolute atomic E-state index is 12.9. The summed E-state index contributed by atoms with van der Waals surface area (Å²) in [6.07, 6.45) is 2.51. The predicted molar refractivity (Wildman–Crippen MR) is 68.7 cm³/mol. The smallest absolute Gasteiger partial charge is 0.168 e. The number of aromatic nitrogens is 1. The molecule has 0 aliphatic rings. The van der Waals surface area contributed by atoms with E-state index in [0.717, 1.165) is 17.8 Å². The van der Waals surface area contributed by atoms with Crippen molar-refractivity contribution in [3.63, 3.8) is 0 Å². The van der Waals surface area contributed by atoms with E-state index in [-0.39, 0.29) is 17.8 Å². The molecule has 2 rings (SSSR count). The molecule has 5 heteroatoms. The Bertz CT molecular complexity index is 601. The Kier molecular flexibility index (Phi) is 3.94. The highest BCUT2D eigenvalue weighted by Gasteiger charge is 2.09. The van der Waals surface area contributed by atoms with Crippen LogP contribution in [0.2, 0.25) is 10.0 Å². The average molecular weight is 284 g/mol. The summed E-state index contributed by atoms with van der Waals surface area (Å²) in [5.41, 5.74) is 0.958. The van der Waals surface area contributed by atoms with Crippen molar-refractivity contribution >= 4 is 29.0 Å². The van der Waals surface area contributed by atoms with Gasteiger partial charge >= 0.3 is 0 Å². The van der Waals surface area contributed by atoms with Gasteiger partial charge in [0.25, 0.3) is 0 Å². The quantitative estimate of drug-likeness (QED) is 0.799. The summed E-state index contributed by atoms with van der Waals surface area (Å²) in [7, 11) is 0. The lowest BCUT2D eigenvalue weighted by Gasteiger charge is -2.03. The molecule has 2 aromatic rings. The number of Topliss-reactive ketones (excluding diaryl/α,β-unsaturated/α-hetero) is 1. The fourth-order valence-corrected chi connectivity index (χ4v) is 1.82. The van der Waals surface area contributed by atoms with Gasteiger partial charge in [0.05, 0.1) is 16.2 Å². The molecule has 0 saturated carbocycles. The maximum atomic E-state index is 12.9. The topological polar surface area (TPSA) is 30.0 Å². The first-order valence-corrected chi connectivity index (χ1v) is 5.89. The third-order valence-electron chi connectivity index (χ3n) is 2.38. The Morgan fingerprint density at radius 3 is 2.61 bits per heavy atom. The molecule has 2 nitrogen and oxygen atoms in total. The summed E-state index contributed by atoms with van der Waals surface area (Å²) in [5.74, 6) is -0.754. The second kappa shape index (κ2) is 5.46. The maximum Gasteiger partial charge on any atom is 0.168 e. The summed E-state index contributed by atoms with van der Waals surface area (Å²) >= 11 is 11.6. The van der Waals surface area contributed by atoms with Crippen molar-refractivity contribution in [1.29, 1.82) is 0 Å². The monoisotopic (exact) mass is 283 g/mol. The van der Waals surface area contributed by atoms with Gasteiger partial charge in [-0.2, -0.15) is 0 Å². The summed E-state index contributed by atoms with van der Waals surface area (Å²) < 4.78 is 12.9. The highest BCUT2D eigenvalue weighted by Crippen LogP contribution is 2.23. The highest BCUT2D eigenvalue weighted by atomic mass is 35.5. The van der Waals surface area contributed by atoms with Gasteiger partial charge in [-0.25, -0.2) is 4.39 Å². The number of rotatable bonds is 3. The first-order chi connectivity index (χ1) is 8.56. The molecule has 92 valence electrons. The molecule has 0 radical (unpaired) electrons. The second-order valence-corrected chi connectivity index (χ2v) is 4.55. The molecule has 0 aliphatic heterocycles. The molecule has 1 aromatic heterocycles. The van der Waals surface area contributed by atoms with E-state index in [4.69, 9.17) is 23.2 Å². The lowest BCUT2D eigenvalue weighted by molar-refractivity contribution is 0.0992. The summed E-state index contributed by atoms with van der Waals surface area (Å²) in [4.78, 5) is 15.5. The minimum absolute atomic E-state index is 0.127. The summed E-state index contributed by atoms with van der Waals surface area (Å²) in [6, 6.07) is 6.11. The van der Waals surface area contributed by atoms with Gasteiger partial charge in [0.2, 0.25) is 0 Å². The Hall–Kier alpha value is -1.45. The standard InChI is InChI=1S/C13H8Cl2FNO/c14-11-2-1-8(3-12(11)15)4-13(18)9-5-10(16)7-17-6-9/h1-3,5-7H,4H2. The molecule has 0 aliphatic carbocycles. The third-order valence-corrected chi connectivity index (χ3v) is 3.11. The Labute approximate surface area is 113 Å². The van der Waals surface area contributed by atoms with Crippen molar-refractivity contribution in [3.8, 4) is 0 Å². The molecular weight excluding hydrogens is 276 g/mol. The molecule has 0 N–H and O–H groups in total. The number of hydrogen-bond donors (Lipinski definition) is 0. The zero-order chi connectivity index (χ0) is 13.1. The van der Waals surface area contributed by atoms with Crippen molar-refractivity contribution < 1.29 is 9.18 Å². The SMILES string of the molecule is O=C(Cc1ccc(Cl)c(Cl)c1)c1cncc(F)c1.